The second-order valence-corrected chi connectivity index (χ2v) is 10.7. The van der Waals surface area contributed by atoms with Crippen LogP contribution in [0.5, 0.6) is 11.5 Å². The average molecular weight is 553 g/mol. The summed E-state index contributed by atoms with van der Waals surface area (Å²) in [5.41, 5.74) is 5.09. The molecule has 218 valence electrons. The Bertz CT molecular complexity index is 968. The molecule has 2 heterocycles. The lowest BCUT2D eigenvalue weighted by molar-refractivity contribution is -0.00672. The minimum atomic E-state index is -0.637. The molecular formula is C33H44O7. The predicted octanol–water partition coefficient (Wildman–Crippen LogP) is 5.09. The third-order valence-electron chi connectivity index (χ3n) is 6.86. The monoisotopic (exact) mass is 552 g/mol. The van der Waals surface area contributed by atoms with Crippen molar-refractivity contribution in [2.45, 2.75) is 57.8 Å². The molecule has 7 nitrogen and oxygen atoms in total. The van der Waals surface area contributed by atoms with E-state index in [0.717, 1.165) is 50.4 Å². The highest BCUT2D eigenvalue weighted by atomic mass is 16.6. The van der Waals surface area contributed by atoms with E-state index in [-0.39, 0.29) is 25.4 Å². The molecule has 0 radical (unpaired) electrons. The van der Waals surface area contributed by atoms with E-state index in [0.29, 0.717) is 26.4 Å². The zero-order chi connectivity index (χ0) is 28.0. The van der Waals surface area contributed by atoms with Crippen molar-refractivity contribution in [2.75, 3.05) is 52.9 Å². The van der Waals surface area contributed by atoms with Gasteiger partial charge in [-0.2, -0.15) is 0 Å². The molecule has 0 bridgehead atoms. The Balaban J connectivity index is 0.996. The minimum absolute atomic E-state index is 0.257. The maximum Gasteiger partial charge on any atom is 0.119 e. The Morgan fingerprint density at radius 3 is 1.52 bits per heavy atom. The van der Waals surface area contributed by atoms with Crippen molar-refractivity contribution in [3.8, 4) is 11.5 Å². The summed E-state index contributed by atoms with van der Waals surface area (Å²) < 4.78 is 33.0. The summed E-state index contributed by atoms with van der Waals surface area (Å²) in [6.07, 6.45) is 7.93. The number of aliphatic hydroxyl groups excluding tert-OH is 1. The molecule has 2 saturated heterocycles. The maximum atomic E-state index is 10.1. The average Bonchev–Trinajstić information content (AvgIpc) is 3.90. The van der Waals surface area contributed by atoms with Gasteiger partial charge in [-0.3, -0.25) is 0 Å². The lowest BCUT2D eigenvalue weighted by Gasteiger charge is -2.11. The first-order valence-corrected chi connectivity index (χ1v) is 14.3. The molecule has 2 aromatic carbocycles. The molecule has 0 aliphatic carbocycles. The van der Waals surface area contributed by atoms with Gasteiger partial charge in [-0.15, -0.1) is 0 Å². The Morgan fingerprint density at radius 2 is 1.15 bits per heavy atom. The SMILES string of the molecule is CC(=CCOCC(O)COCC=C(C)CCc1ccc(OCC2CO2)cc1)CCc1ccc(OCC2CO2)cc1. The first kappa shape index (κ1) is 30.3. The van der Waals surface area contributed by atoms with Crippen LogP contribution in [0.3, 0.4) is 0 Å². The largest absolute Gasteiger partial charge is 0.491 e. The van der Waals surface area contributed by atoms with Crippen molar-refractivity contribution >= 4 is 0 Å². The second kappa shape index (κ2) is 16.6. The minimum Gasteiger partial charge on any atom is -0.491 e. The number of rotatable bonds is 20. The fraction of sp³-hybridized carbons (Fsp3) is 0.515. The summed E-state index contributed by atoms with van der Waals surface area (Å²) in [6, 6.07) is 16.5. The second-order valence-electron chi connectivity index (χ2n) is 10.7. The van der Waals surface area contributed by atoms with Gasteiger partial charge in [0, 0.05) is 0 Å². The van der Waals surface area contributed by atoms with Crippen molar-refractivity contribution in [1.29, 1.82) is 0 Å². The van der Waals surface area contributed by atoms with E-state index in [2.05, 4.69) is 50.3 Å². The molecule has 0 saturated carbocycles. The fourth-order valence-corrected chi connectivity index (χ4v) is 3.96. The van der Waals surface area contributed by atoms with Gasteiger partial charge in [-0.25, -0.2) is 0 Å². The van der Waals surface area contributed by atoms with Crippen LogP contribution in [0.15, 0.2) is 71.8 Å². The van der Waals surface area contributed by atoms with E-state index in [9.17, 15) is 5.11 Å². The Kier molecular flexibility index (Phi) is 12.5. The van der Waals surface area contributed by atoms with Crippen molar-refractivity contribution in [3.63, 3.8) is 0 Å². The molecule has 4 rings (SSSR count). The summed E-state index contributed by atoms with van der Waals surface area (Å²) >= 11 is 0. The van der Waals surface area contributed by atoms with Crippen LogP contribution in [0.2, 0.25) is 0 Å². The summed E-state index contributed by atoms with van der Waals surface area (Å²) in [5, 5.41) is 10.1. The van der Waals surface area contributed by atoms with Crippen LogP contribution in [-0.4, -0.2) is 76.3 Å². The predicted molar refractivity (Wildman–Crippen MR) is 155 cm³/mol. The van der Waals surface area contributed by atoms with Crippen LogP contribution in [0, 0.1) is 0 Å². The van der Waals surface area contributed by atoms with Crippen LogP contribution in [-0.2, 0) is 31.8 Å². The third kappa shape index (κ3) is 12.7. The first-order valence-electron chi connectivity index (χ1n) is 14.3. The third-order valence-corrected chi connectivity index (χ3v) is 6.86. The lowest BCUT2D eigenvalue weighted by Crippen LogP contribution is -2.22. The van der Waals surface area contributed by atoms with Crippen molar-refractivity contribution in [2.24, 2.45) is 0 Å². The zero-order valence-corrected chi connectivity index (χ0v) is 23.9. The number of ether oxygens (including phenoxy) is 6. The summed E-state index contributed by atoms with van der Waals surface area (Å²) in [5.74, 6) is 1.77. The molecule has 2 atom stereocenters. The highest BCUT2D eigenvalue weighted by molar-refractivity contribution is 5.29. The quantitative estimate of drug-likeness (QED) is 0.139. The molecule has 40 heavy (non-hydrogen) atoms. The number of hydrogen-bond acceptors (Lipinski definition) is 7. The highest BCUT2D eigenvalue weighted by Gasteiger charge is 2.23. The standard InChI is InChI=1S/C33H44O7/c1-25(3-5-27-7-11-30(12-8-27)37-21-32-23-39-32)15-17-35-19-29(34)20-36-18-16-26(2)4-6-28-9-13-31(14-10-28)38-22-33-24-40-33/h7-16,29,32-34H,3-6,17-24H2,1-2H3. The number of aliphatic hydroxyl groups is 1. The van der Waals surface area contributed by atoms with E-state index in [1.54, 1.807) is 0 Å². The number of epoxide rings is 2. The first-order chi connectivity index (χ1) is 19.5. The van der Waals surface area contributed by atoms with Crippen molar-refractivity contribution in [3.05, 3.63) is 83.0 Å². The molecule has 2 fully saturated rings. The molecule has 0 spiro atoms. The molecule has 2 aliphatic rings. The fourth-order valence-electron chi connectivity index (χ4n) is 3.96. The Hall–Kier alpha value is -2.68. The van der Waals surface area contributed by atoms with Crippen LogP contribution in [0.25, 0.3) is 0 Å². The smallest absolute Gasteiger partial charge is 0.119 e. The van der Waals surface area contributed by atoms with E-state index in [1.165, 1.54) is 22.3 Å². The Morgan fingerprint density at radius 1 is 0.750 bits per heavy atom. The summed E-state index contributed by atoms with van der Waals surface area (Å²) in [4.78, 5) is 0. The van der Waals surface area contributed by atoms with Crippen LogP contribution in [0.1, 0.15) is 37.8 Å². The summed E-state index contributed by atoms with van der Waals surface area (Å²) in [6.45, 7) is 8.58. The van der Waals surface area contributed by atoms with Gasteiger partial charge in [0.05, 0.1) is 39.6 Å². The molecule has 2 unspecified atom stereocenters. The lowest BCUT2D eigenvalue weighted by atomic mass is 10.1. The van der Waals surface area contributed by atoms with Gasteiger partial charge < -0.3 is 33.5 Å². The van der Waals surface area contributed by atoms with Gasteiger partial charge in [-0.05, 0) is 74.9 Å². The molecule has 2 aliphatic heterocycles. The van der Waals surface area contributed by atoms with Gasteiger partial charge in [-0.1, -0.05) is 47.6 Å². The van der Waals surface area contributed by atoms with Crippen molar-refractivity contribution < 1.29 is 33.5 Å². The molecule has 0 amide bonds. The summed E-state index contributed by atoms with van der Waals surface area (Å²) in [7, 11) is 0. The zero-order valence-electron chi connectivity index (χ0n) is 23.9. The van der Waals surface area contributed by atoms with Gasteiger partial charge in [0.2, 0.25) is 0 Å². The van der Waals surface area contributed by atoms with Gasteiger partial charge in [0.1, 0.15) is 43.0 Å². The normalized spacial score (nSPS) is 19.4. The van der Waals surface area contributed by atoms with Crippen LogP contribution in [0.4, 0.5) is 0 Å². The molecular weight excluding hydrogens is 508 g/mol. The number of benzene rings is 2. The molecule has 2 aromatic rings. The van der Waals surface area contributed by atoms with Crippen LogP contribution >= 0.6 is 0 Å². The van der Waals surface area contributed by atoms with E-state index in [1.807, 2.05) is 24.3 Å². The molecule has 7 heteroatoms. The van der Waals surface area contributed by atoms with E-state index in [4.69, 9.17) is 28.4 Å². The Labute approximate surface area is 238 Å². The van der Waals surface area contributed by atoms with E-state index >= 15 is 0 Å². The maximum absolute atomic E-state index is 10.1. The van der Waals surface area contributed by atoms with Gasteiger partial charge in [0.25, 0.3) is 0 Å². The number of aryl methyl sites for hydroxylation is 2. The van der Waals surface area contributed by atoms with Crippen LogP contribution < -0.4 is 9.47 Å². The van der Waals surface area contributed by atoms with Crippen molar-refractivity contribution in [1.82, 2.24) is 0 Å². The number of hydrogen-bond donors (Lipinski definition) is 1. The highest BCUT2D eigenvalue weighted by Crippen LogP contribution is 2.19. The number of allylic oxidation sites excluding steroid dienone is 2. The van der Waals surface area contributed by atoms with Gasteiger partial charge in [0.15, 0.2) is 0 Å². The van der Waals surface area contributed by atoms with E-state index < -0.39 is 6.10 Å². The molecule has 0 aromatic heterocycles. The molecule has 1 N–H and O–H groups in total. The van der Waals surface area contributed by atoms with Gasteiger partial charge >= 0.3 is 0 Å². The topological polar surface area (TPSA) is 82.2 Å².